The van der Waals surface area contributed by atoms with Crippen LogP contribution in [0.2, 0.25) is 0 Å². The number of aryl methyl sites for hydroxylation is 4. The van der Waals surface area contributed by atoms with Gasteiger partial charge in [-0.15, -0.1) is 0 Å². The van der Waals surface area contributed by atoms with Gasteiger partial charge in [-0.1, -0.05) is 48.5 Å². The van der Waals surface area contributed by atoms with Crippen LogP contribution in [0.25, 0.3) is 59.8 Å². The molecule has 0 unspecified atom stereocenters. The van der Waals surface area contributed by atoms with Gasteiger partial charge < -0.3 is 4.40 Å². The van der Waals surface area contributed by atoms with Crippen LogP contribution >= 0.6 is 0 Å². The Bertz CT molecular complexity index is 1870. The lowest BCUT2D eigenvalue weighted by Gasteiger charge is -2.15. The highest BCUT2D eigenvalue weighted by Gasteiger charge is 2.25. The zero-order valence-corrected chi connectivity index (χ0v) is 18.2. The number of benzene rings is 4. The van der Waals surface area contributed by atoms with Gasteiger partial charge in [-0.3, -0.25) is 0 Å². The first-order valence-corrected chi connectivity index (χ1v) is 10.9. The minimum absolute atomic E-state index is 1.30. The maximum atomic E-state index is 2.55. The number of pyridine rings is 2. The second-order valence-corrected chi connectivity index (χ2v) is 9.08. The largest absolute Gasteiger partial charge is 0.307 e. The van der Waals surface area contributed by atoms with Crippen molar-refractivity contribution in [1.29, 1.82) is 0 Å². The summed E-state index contributed by atoms with van der Waals surface area (Å²) in [6.45, 7) is 6.77. The van der Waals surface area contributed by atoms with Crippen molar-refractivity contribution < 1.29 is 4.57 Å². The van der Waals surface area contributed by atoms with Crippen LogP contribution in [0.4, 0.5) is 0 Å². The van der Waals surface area contributed by atoms with Gasteiger partial charge >= 0.3 is 0 Å². The van der Waals surface area contributed by atoms with E-state index in [4.69, 9.17) is 0 Å². The van der Waals surface area contributed by atoms with Crippen molar-refractivity contribution >= 4 is 59.8 Å². The molecule has 0 fully saturated rings. The van der Waals surface area contributed by atoms with Crippen LogP contribution in [-0.2, 0) is 7.05 Å². The van der Waals surface area contributed by atoms with Crippen LogP contribution in [0.3, 0.4) is 0 Å². The average molecular weight is 400 g/mol. The SMILES string of the molecule is Cc1ccc(C)c2c1c1ccc3cc[n+](C)c4c5c(C)c6ccccc6cc5n2c1c34. The number of rotatable bonds is 0. The first-order chi connectivity index (χ1) is 15.1. The third-order valence-electron chi connectivity index (χ3n) is 7.35. The van der Waals surface area contributed by atoms with Gasteiger partial charge in [0.15, 0.2) is 6.20 Å². The monoisotopic (exact) mass is 399 g/mol. The summed E-state index contributed by atoms with van der Waals surface area (Å²) in [6, 6.07) is 22.6. The molecule has 2 nitrogen and oxygen atoms in total. The Morgan fingerprint density at radius 1 is 0.677 bits per heavy atom. The first-order valence-electron chi connectivity index (χ1n) is 10.9. The Labute approximate surface area is 180 Å². The predicted octanol–water partition coefficient (Wildman–Crippen LogP) is 6.89. The van der Waals surface area contributed by atoms with Gasteiger partial charge in [0, 0.05) is 16.8 Å². The van der Waals surface area contributed by atoms with Crippen molar-refractivity contribution in [2.45, 2.75) is 20.8 Å². The molecule has 0 radical (unpaired) electrons. The van der Waals surface area contributed by atoms with E-state index < -0.39 is 0 Å². The molecule has 2 heteroatoms. The molecule has 3 heterocycles. The normalized spacial score (nSPS) is 12.5. The lowest BCUT2D eigenvalue weighted by Crippen LogP contribution is -2.28. The third-order valence-corrected chi connectivity index (χ3v) is 7.35. The molecule has 0 saturated heterocycles. The number of fused-ring (bicyclic) bond motifs is 7. The number of aromatic nitrogens is 2. The molecular weight excluding hydrogens is 376 g/mol. The molecule has 0 aliphatic carbocycles. The van der Waals surface area contributed by atoms with E-state index in [1.54, 1.807) is 0 Å². The Kier molecular flexibility index (Phi) is 3.04. The van der Waals surface area contributed by atoms with Crippen molar-refractivity contribution in [2.75, 3.05) is 0 Å². The minimum Gasteiger partial charge on any atom is -0.307 e. The second kappa shape index (κ2) is 5.53. The van der Waals surface area contributed by atoms with E-state index in [0.717, 1.165) is 0 Å². The molecule has 0 amide bonds. The molecule has 7 rings (SSSR count). The van der Waals surface area contributed by atoms with E-state index in [9.17, 15) is 0 Å². The predicted molar refractivity (Wildman–Crippen MR) is 132 cm³/mol. The van der Waals surface area contributed by atoms with E-state index >= 15 is 0 Å². The van der Waals surface area contributed by atoms with Crippen LogP contribution in [0.15, 0.2) is 66.9 Å². The molecular formula is C29H23N2+. The van der Waals surface area contributed by atoms with Crippen LogP contribution in [-0.4, -0.2) is 4.40 Å². The van der Waals surface area contributed by atoms with Crippen molar-refractivity contribution in [3.8, 4) is 0 Å². The number of nitrogens with zero attached hydrogens (tertiary/aromatic N) is 2. The van der Waals surface area contributed by atoms with E-state index in [1.165, 1.54) is 76.5 Å². The molecule has 0 atom stereocenters. The fourth-order valence-electron chi connectivity index (χ4n) is 5.94. The van der Waals surface area contributed by atoms with Crippen molar-refractivity contribution in [3.63, 3.8) is 0 Å². The Balaban J connectivity index is 2.00. The van der Waals surface area contributed by atoms with Gasteiger partial charge in [0.25, 0.3) is 0 Å². The summed E-state index contributed by atoms with van der Waals surface area (Å²) in [4.78, 5) is 0. The molecule has 4 aromatic carbocycles. The Hall–Kier alpha value is -3.65. The molecule has 0 aliphatic rings. The smallest absolute Gasteiger partial charge is 0.224 e. The summed E-state index contributed by atoms with van der Waals surface area (Å²) in [6.07, 6.45) is 2.21. The van der Waals surface area contributed by atoms with Crippen molar-refractivity contribution in [2.24, 2.45) is 7.05 Å². The highest BCUT2D eigenvalue weighted by molar-refractivity contribution is 6.28. The quantitative estimate of drug-likeness (QED) is 0.149. The molecule has 7 aromatic rings. The standard InChI is InChI=1S/C29H23N2/c1-16-9-10-17(2)27-24(16)22-12-11-19-13-14-30(4)29-25-18(3)21-8-6-5-7-20(21)15-23(25)31(27)28(22)26(19)29/h5-15H,1-4H3/q+1. The highest BCUT2D eigenvalue weighted by Crippen LogP contribution is 2.43. The lowest BCUT2D eigenvalue weighted by molar-refractivity contribution is -0.643. The molecule has 0 bridgehead atoms. The van der Waals surface area contributed by atoms with E-state index in [-0.39, 0.29) is 0 Å². The third kappa shape index (κ3) is 1.91. The van der Waals surface area contributed by atoms with Gasteiger partial charge in [0.05, 0.1) is 27.3 Å². The van der Waals surface area contributed by atoms with E-state index in [0.29, 0.717) is 0 Å². The fraction of sp³-hybridized carbons (Fsp3) is 0.138. The lowest BCUT2D eigenvalue weighted by atomic mass is 9.96. The van der Waals surface area contributed by atoms with Crippen molar-refractivity contribution in [1.82, 2.24) is 4.40 Å². The van der Waals surface area contributed by atoms with Gasteiger partial charge in [-0.05, 0) is 59.7 Å². The summed E-state index contributed by atoms with van der Waals surface area (Å²) in [5.74, 6) is 0. The van der Waals surface area contributed by atoms with Crippen LogP contribution < -0.4 is 4.57 Å². The summed E-state index contributed by atoms with van der Waals surface area (Å²) >= 11 is 0. The second-order valence-electron chi connectivity index (χ2n) is 9.08. The molecule has 148 valence electrons. The zero-order valence-electron chi connectivity index (χ0n) is 18.2. The summed E-state index contributed by atoms with van der Waals surface area (Å²) in [5, 5.41) is 9.39. The molecule has 0 N–H and O–H groups in total. The van der Waals surface area contributed by atoms with Crippen LogP contribution in [0.5, 0.6) is 0 Å². The van der Waals surface area contributed by atoms with Gasteiger partial charge in [-0.2, -0.15) is 0 Å². The topological polar surface area (TPSA) is 8.29 Å². The van der Waals surface area contributed by atoms with Gasteiger partial charge in [-0.25, -0.2) is 4.57 Å². The minimum atomic E-state index is 1.30. The highest BCUT2D eigenvalue weighted by atomic mass is 15.0. The summed E-state index contributed by atoms with van der Waals surface area (Å²) in [5.41, 5.74) is 9.33. The average Bonchev–Trinajstić information content (AvgIpc) is 3.14. The van der Waals surface area contributed by atoms with Crippen LogP contribution in [0, 0.1) is 20.8 Å². The van der Waals surface area contributed by atoms with E-state index in [1.807, 2.05) is 0 Å². The number of hydrogen-bond donors (Lipinski definition) is 0. The first kappa shape index (κ1) is 17.1. The summed E-state index contributed by atoms with van der Waals surface area (Å²) in [7, 11) is 2.18. The molecule has 31 heavy (non-hydrogen) atoms. The molecule has 3 aromatic heterocycles. The fourth-order valence-corrected chi connectivity index (χ4v) is 5.94. The van der Waals surface area contributed by atoms with Gasteiger partial charge in [0.2, 0.25) is 5.52 Å². The Morgan fingerprint density at radius 2 is 1.48 bits per heavy atom. The van der Waals surface area contributed by atoms with Crippen molar-refractivity contribution in [3.05, 3.63) is 83.6 Å². The maximum Gasteiger partial charge on any atom is 0.224 e. The molecule has 0 saturated carbocycles. The zero-order chi connectivity index (χ0) is 21.0. The summed E-state index contributed by atoms with van der Waals surface area (Å²) < 4.78 is 4.86. The van der Waals surface area contributed by atoms with E-state index in [2.05, 4.69) is 104 Å². The van der Waals surface area contributed by atoms with Crippen LogP contribution in [0.1, 0.15) is 16.7 Å². The van der Waals surface area contributed by atoms with Gasteiger partial charge in [0.1, 0.15) is 7.05 Å². The number of hydrogen-bond acceptors (Lipinski definition) is 0. The molecule has 0 aliphatic heterocycles. The maximum absolute atomic E-state index is 2.55. The molecule has 0 spiro atoms. The Morgan fingerprint density at radius 3 is 2.35 bits per heavy atom.